The lowest BCUT2D eigenvalue weighted by atomic mass is 9.86. The molecular weight excluding hydrogens is 244 g/mol. The molecule has 1 aromatic rings. The van der Waals surface area contributed by atoms with Crippen LogP contribution in [0.4, 0.5) is 0 Å². The largest absolute Gasteiger partial charge is 0.330 e. The van der Waals surface area contributed by atoms with Gasteiger partial charge in [-0.05, 0) is 54.8 Å². The van der Waals surface area contributed by atoms with E-state index >= 15 is 0 Å². The fourth-order valence-corrected chi connectivity index (χ4v) is 3.01. The quantitative estimate of drug-likeness (QED) is 0.913. The van der Waals surface area contributed by atoms with Gasteiger partial charge < -0.3 is 10.6 Å². The van der Waals surface area contributed by atoms with E-state index in [-0.39, 0.29) is 5.41 Å². The first-order chi connectivity index (χ1) is 9.49. The molecule has 2 nitrogen and oxygen atoms in total. The van der Waals surface area contributed by atoms with Crippen LogP contribution in [0.15, 0.2) is 24.3 Å². The molecule has 2 N–H and O–H groups in total. The van der Waals surface area contributed by atoms with Gasteiger partial charge in [0.15, 0.2) is 0 Å². The zero-order chi connectivity index (χ0) is 14.6. The van der Waals surface area contributed by atoms with Gasteiger partial charge in [0.1, 0.15) is 0 Å². The Labute approximate surface area is 124 Å². The first-order valence-electron chi connectivity index (χ1n) is 8.01. The lowest BCUT2D eigenvalue weighted by Crippen LogP contribution is -2.39. The Morgan fingerprint density at radius 2 is 1.90 bits per heavy atom. The van der Waals surface area contributed by atoms with Gasteiger partial charge in [-0.1, -0.05) is 45.0 Å². The van der Waals surface area contributed by atoms with Crippen molar-refractivity contribution in [2.45, 2.75) is 45.4 Å². The molecule has 2 heteroatoms. The summed E-state index contributed by atoms with van der Waals surface area (Å²) in [6.45, 7) is 11.3. The van der Waals surface area contributed by atoms with Crippen molar-refractivity contribution in [3.05, 3.63) is 35.4 Å². The van der Waals surface area contributed by atoms with Gasteiger partial charge in [0.2, 0.25) is 0 Å². The van der Waals surface area contributed by atoms with Gasteiger partial charge in [-0.25, -0.2) is 0 Å². The van der Waals surface area contributed by atoms with Crippen LogP contribution < -0.4 is 5.73 Å². The van der Waals surface area contributed by atoms with Crippen molar-refractivity contribution in [2.24, 2.45) is 11.7 Å². The predicted octanol–water partition coefficient (Wildman–Crippen LogP) is 3.20. The molecule has 0 aliphatic carbocycles. The molecule has 0 aromatic heterocycles. The molecule has 2 rings (SSSR count). The van der Waals surface area contributed by atoms with Gasteiger partial charge >= 0.3 is 0 Å². The first kappa shape index (κ1) is 15.5. The Morgan fingerprint density at radius 3 is 2.50 bits per heavy atom. The van der Waals surface area contributed by atoms with E-state index in [1.54, 1.807) is 0 Å². The SMILES string of the molecule is CC(C)(C)c1ccc(CCN2CCCC(CN)C2)cc1. The zero-order valence-corrected chi connectivity index (χ0v) is 13.4. The normalized spacial score (nSPS) is 21.1. The lowest BCUT2D eigenvalue weighted by Gasteiger charge is -2.32. The van der Waals surface area contributed by atoms with Crippen LogP contribution in [0.25, 0.3) is 0 Å². The van der Waals surface area contributed by atoms with Crippen molar-refractivity contribution in [1.29, 1.82) is 0 Å². The fourth-order valence-electron chi connectivity index (χ4n) is 3.01. The summed E-state index contributed by atoms with van der Waals surface area (Å²) in [5.41, 5.74) is 8.92. The molecule has 0 bridgehead atoms. The summed E-state index contributed by atoms with van der Waals surface area (Å²) in [6, 6.07) is 9.17. The molecule has 1 fully saturated rings. The third kappa shape index (κ3) is 4.32. The molecule has 1 aromatic carbocycles. The molecular formula is C18H30N2. The molecule has 0 amide bonds. The minimum Gasteiger partial charge on any atom is -0.330 e. The number of nitrogens with zero attached hydrogens (tertiary/aromatic N) is 1. The average Bonchev–Trinajstić information content (AvgIpc) is 2.45. The third-order valence-corrected chi connectivity index (χ3v) is 4.47. The molecule has 0 radical (unpaired) electrons. The summed E-state index contributed by atoms with van der Waals surface area (Å²) in [7, 11) is 0. The Bertz CT molecular complexity index is 402. The maximum atomic E-state index is 5.80. The van der Waals surface area contributed by atoms with Crippen molar-refractivity contribution in [3.63, 3.8) is 0 Å². The van der Waals surface area contributed by atoms with E-state index in [0.29, 0.717) is 5.92 Å². The van der Waals surface area contributed by atoms with E-state index in [4.69, 9.17) is 5.73 Å². The van der Waals surface area contributed by atoms with E-state index in [9.17, 15) is 0 Å². The van der Waals surface area contributed by atoms with Crippen molar-refractivity contribution in [1.82, 2.24) is 4.90 Å². The van der Waals surface area contributed by atoms with Crippen LogP contribution in [0.2, 0.25) is 0 Å². The Kier molecular flexibility index (Phi) is 5.22. The maximum Gasteiger partial charge on any atom is 0.00219 e. The van der Waals surface area contributed by atoms with Crippen LogP contribution in [-0.4, -0.2) is 31.1 Å². The Morgan fingerprint density at radius 1 is 1.20 bits per heavy atom. The number of likely N-dealkylation sites (tertiary alicyclic amines) is 1. The van der Waals surface area contributed by atoms with Gasteiger partial charge in [-0.3, -0.25) is 0 Å². The highest BCUT2D eigenvalue weighted by Gasteiger charge is 2.18. The second-order valence-electron chi connectivity index (χ2n) is 7.24. The second kappa shape index (κ2) is 6.73. The standard InChI is InChI=1S/C18H30N2/c1-18(2,3)17-8-6-15(7-9-17)10-12-20-11-4-5-16(13-19)14-20/h6-9,16H,4-5,10-14,19H2,1-3H3. The molecule has 20 heavy (non-hydrogen) atoms. The summed E-state index contributed by atoms with van der Waals surface area (Å²) in [5, 5.41) is 0. The Balaban J connectivity index is 1.85. The highest BCUT2D eigenvalue weighted by Crippen LogP contribution is 2.22. The van der Waals surface area contributed by atoms with E-state index in [2.05, 4.69) is 49.9 Å². The molecule has 1 saturated heterocycles. The summed E-state index contributed by atoms with van der Waals surface area (Å²) >= 11 is 0. The lowest BCUT2D eigenvalue weighted by molar-refractivity contribution is 0.180. The third-order valence-electron chi connectivity index (χ3n) is 4.47. The van der Waals surface area contributed by atoms with E-state index < -0.39 is 0 Å². The molecule has 1 heterocycles. The molecule has 1 aliphatic rings. The predicted molar refractivity (Wildman–Crippen MR) is 87.1 cm³/mol. The molecule has 1 aliphatic heterocycles. The first-order valence-corrected chi connectivity index (χ1v) is 8.01. The minimum absolute atomic E-state index is 0.250. The van der Waals surface area contributed by atoms with Crippen LogP contribution in [0.1, 0.15) is 44.7 Å². The van der Waals surface area contributed by atoms with Gasteiger partial charge in [0, 0.05) is 13.1 Å². The van der Waals surface area contributed by atoms with Crippen molar-refractivity contribution in [2.75, 3.05) is 26.2 Å². The van der Waals surface area contributed by atoms with E-state index in [1.807, 2.05) is 0 Å². The summed E-state index contributed by atoms with van der Waals surface area (Å²) < 4.78 is 0. The van der Waals surface area contributed by atoms with Gasteiger partial charge in [-0.2, -0.15) is 0 Å². The molecule has 0 saturated carbocycles. The number of rotatable bonds is 4. The molecule has 1 atom stereocenters. The van der Waals surface area contributed by atoms with Gasteiger partial charge in [0.05, 0.1) is 0 Å². The van der Waals surface area contributed by atoms with Crippen molar-refractivity contribution in [3.8, 4) is 0 Å². The highest BCUT2D eigenvalue weighted by molar-refractivity contribution is 5.27. The smallest absolute Gasteiger partial charge is 0.00219 e. The minimum atomic E-state index is 0.250. The van der Waals surface area contributed by atoms with Gasteiger partial charge in [-0.15, -0.1) is 0 Å². The monoisotopic (exact) mass is 274 g/mol. The van der Waals surface area contributed by atoms with Crippen LogP contribution in [-0.2, 0) is 11.8 Å². The van der Waals surface area contributed by atoms with Crippen LogP contribution in [0.5, 0.6) is 0 Å². The summed E-state index contributed by atoms with van der Waals surface area (Å²) in [5.74, 6) is 0.715. The fraction of sp³-hybridized carbons (Fsp3) is 0.667. The molecule has 1 unspecified atom stereocenters. The maximum absolute atomic E-state index is 5.80. The number of piperidine rings is 1. The van der Waals surface area contributed by atoms with E-state index in [1.165, 1.54) is 43.6 Å². The second-order valence-corrected chi connectivity index (χ2v) is 7.24. The Hall–Kier alpha value is -0.860. The summed E-state index contributed by atoms with van der Waals surface area (Å²) in [4.78, 5) is 2.58. The van der Waals surface area contributed by atoms with Crippen molar-refractivity contribution < 1.29 is 0 Å². The molecule has 0 spiro atoms. The van der Waals surface area contributed by atoms with Crippen molar-refractivity contribution >= 4 is 0 Å². The van der Waals surface area contributed by atoms with Crippen LogP contribution in [0.3, 0.4) is 0 Å². The number of benzene rings is 1. The number of hydrogen-bond acceptors (Lipinski definition) is 2. The summed E-state index contributed by atoms with van der Waals surface area (Å²) in [6.07, 6.45) is 3.78. The number of nitrogens with two attached hydrogens (primary N) is 1. The number of hydrogen-bond donors (Lipinski definition) is 1. The van der Waals surface area contributed by atoms with Crippen LogP contribution >= 0.6 is 0 Å². The average molecular weight is 274 g/mol. The van der Waals surface area contributed by atoms with Gasteiger partial charge in [0.25, 0.3) is 0 Å². The zero-order valence-electron chi connectivity index (χ0n) is 13.4. The topological polar surface area (TPSA) is 29.3 Å². The highest BCUT2D eigenvalue weighted by atomic mass is 15.1. The molecule has 112 valence electrons. The van der Waals surface area contributed by atoms with Crippen LogP contribution in [0, 0.1) is 5.92 Å². The van der Waals surface area contributed by atoms with E-state index in [0.717, 1.165) is 13.0 Å².